The first-order valence-corrected chi connectivity index (χ1v) is 14.9. The molecule has 2 aromatic heterocycles. The van der Waals surface area contributed by atoms with Gasteiger partial charge in [0.1, 0.15) is 11.5 Å². The molecule has 0 spiro atoms. The lowest BCUT2D eigenvalue weighted by molar-refractivity contribution is 0.479. The lowest BCUT2D eigenvalue weighted by Crippen LogP contribution is -2.29. The zero-order valence-corrected chi connectivity index (χ0v) is 25.2. The van der Waals surface area contributed by atoms with E-state index in [1.165, 1.54) is 33.4 Å². The Morgan fingerprint density at radius 2 is 1.53 bits per heavy atom. The van der Waals surface area contributed by atoms with Crippen LogP contribution < -0.4 is 15.0 Å². The second-order valence-corrected chi connectivity index (χ2v) is 11.4. The largest absolute Gasteiger partial charge is 0.457 e. The SMILES string of the molecule is Cc1ccccc1Oc1ccc(N2C(=S)N[C@@H](c3ccccn3)[C@@H]2c2cc(C)n(-c3cccc4ccccc34)c2C)cc1. The summed E-state index contributed by atoms with van der Waals surface area (Å²) in [7, 11) is 0. The average molecular weight is 581 g/mol. The number of ether oxygens (including phenoxy) is 1. The minimum absolute atomic E-state index is 0.111. The van der Waals surface area contributed by atoms with Crippen molar-refractivity contribution in [3.63, 3.8) is 0 Å². The van der Waals surface area contributed by atoms with Crippen molar-refractivity contribution in [3.8, 4) is 17.2 Å². The average Bonchev–Trinajstić information content (AvgIpc) is 3.53. The molecule has 1 N–H and O–H groups in total. The number of nitrogens with one attached hydrogen (secondary N) is 1. The summed E-state index contributed by atoms with van der Waals surface area (Å²) in [6, 6.07) is 39.4. The van der Waals surface area contributed by atoms with Crippen molar-refractivity contribution in [1.29, 1.82) is 0 Å². The van der Waals surface area contributed by atoms with Crippen molar-refractivity contribution in [3.05, 3.63) is 150 Å². The fourth-order valence-electron chi connectivity index (χ4n) is 6.28. The third kappa shape index (κ3) is 4.84. The predicted molar refractivity (Wildman–Crippen MR) is 178 cm³/mol. The van der Waals surface area contributed by atoms with Crippen LogP contribution in [0.4, 0.5) is 5.69 Å². The van der Waals surface area contributed by atoms with Gasteiger partial charge in [0.15, 0.2) is 5.11 Å². The number of rotatable bonds is 6. The molecule has 0 bridgehead atoms. The van der Waals surface area contributed by atoms with Crippen LogP contribution >= 0.6 is 12.2 Å². The topological polar surface area (TPSA) is 42.3 Å². The van der Waals surface area contributed by atoms with Gasteiger partial charge in [-0.3, -0.25) is 4.98 Å². The van der Waals surface area contributed by atoms with Crippen molar-refractivity contribution in [2.24, 2.45) is 0 Å². The van der Waals surface area contributed by atoms with E-state index in [-0.39, 0.29) is 12.1 Å². The van der Waals surface area contributed by atoms with Crippen LogP contribution in [0.3, 0.4) is 0 Å². The number of nitrogens with zero attached hydrogens (tertiary/aromatic N) is 3. The highest BCUT2D eigenvalue weighted by molar-refractivity contribution is 7.80. The van der Waals surface area contributed by atoms with Crippen LogP contribution in [-0.4, -0.2) is 14.7 Å². The molecule has 1 fully saturated rings. The molecule has 0 aliphatic carbocycles. The molecule has 6 aromatic rings. The minimum Gasteiger partial charge on any atom is -0.457 e. The van der Waals surface area contributed by atoms with Gasteiger partial charge < -0.3 is 19.5 Å². The van der Waals surface area contributed by atoms with Crippen LogP contribution in [-0.2, 0) is 0 Å². The maximum Gasteiger partial charge on any atom is 0.174 e. The lowest BCUT2D eigenvalue weighted by atomic mass is 9.96. The number of hydrogen-bond acceptors (Lipinski definition) is 3. The van der Waals surface area contributed by atoms with Gasteiger partial charge in [0.2, 0.25) is 0 Å². The minimum atomic E-state index is -0.127. The van der Waals surface area contributed by atoms with Crippen molar-refractivity contribution in [2.45, 2.75) is 32.9 Å². The Balaban J connectivity index is 1.32. The van der Waals surface area contributed by atoms with E-state index in [1.54, 1.807) is 0 Å². The Labute approximate surface area is 257 Å². The number of anilines is 1. The quantitative estimate of drug-likeness (QED) is 0.199. The molecule has 0 radical (unpaired) electrons. The molecule has 0 amide bonds. The van der Waals surface area contributed by atoms with Crippen LogP contribution in [0.1, 0.15) is 40.3 Å². The van der Waals surface area contributed by atoms with Crippen molar-refractivity contribution < 1.29 is 4.74 Å². The molecule has 0 saturated carbocycles. The van der Waals surface area contributed by atoms with Crippen molar-refractivity contribution in [2.75, 3.05) is 4.90 Å². The van der Waals surface area contributed by atoms with Gasteiger partial charge in [0.05, 0.1) is 23.5 Å². The van der Waals surface area contributed by atoms with E-state index in [2.05, 4.69) is 108 Å². The summed E-state index contributed by atoms with van der Waals surface area (Å²) in [4.78, 5) is 6.97. The Morgan fingerprint density at radius 3 is 2.33 bits per heavy atom. The van der Waals surface area contributed by atoms with E-state index in [4.69, 9.17) is 21.9 Å². The highest BCUT2D eigenvalue weighted by Crippen LogP contribution is 2.44. The maximum atomic E-state index is 6.20. The van der Waals surface area contributed by atoms with Gasteiger partial charge in [-0.25, -0.2) is 0 Å². The number of pyridine rings is 1. The first-order valence-electron chi connectivity index (χ1n) is 14.5. The summed E-state index contributed by atoms with van der Waals surface area (Å²) >= 11 is 6.02. The van der Waals surface area contributed by atoms with Crippen LogP contribution in [0.25, 0.3) is 16.5 Å². The Kier molecular flexibility index (Phi) is 6.92. The predicted octanol–water partition coefficient (Wildman–Crippen LogP) is 8.92. The first kappa shape index (κ1) is 26.9. The van der Waals surface area contributed by atoms with Gasteiger partial charge >= 0.3 is 0 Å². The van der Waals surface area contributed by atoms with Gasteiger partial charge in [0, 0.05) is 28.7 Å². The molecule has 212 valence electrons. The Morgan fingerprint density at radius 1 is 0.791 bits per heavy atom. The third-order valence-electron chi connectivity index (χ3n) is 8.33. The van der Waals surface area contributed by atoms with E-state index in [0.717, 1.165) is 28.4 Å². The summed E-state index contributed by atoms with van der Waals surface area (Å²) in [5.74, 6) is 1.63. The molecular formula is C37H32N4OS. The fourth-order valence-corrected chi connectivity index (χ4v) is 6.63. The molecule has 5 nitrogen and oxygen atoms in total. The van der Waals surface area contributed by atoms with Crippen molar-refractivity contribution in [1.82, 2.24) is 14.9 Å². The summed E-state index contributed by atoms with van der Waals surface area (Å²) in [5.41, 5.74) is 7.76. The van der Waals surface area contributed by atoms with Gasteiger partial charge in [-0.15, -0.1) is 0 Å². The summed E-state index contributed by atoms with van der Waals surface area (Å²) < 4.78 is 8.56. The molecule has 4 aromatic carbocycles. The Hall–Kier alpha value is -4.94. The third-order valence-corrected chi connectivity index (χ3v) is 8.65. The first-order chi connectivity index (χ1) is 21.0. The monoisotopic (exact) mass is 580 g/mol. The number of hydrogen-bond donors (Lipinski definition) is 1. The molecular weight excluding hydrogens is 549 g/mol. The van der Waals surface area contributed by atoms with E-state index < -0.39 is 0 Å². The summed E-state index contributed by atoms with van der Waals surface area (Å²) in [5, 5.41) is 6.72. The molecule has 1 aliphatic rings. The van der Waals surface area contributed by atoms with Gasteiger partial charge in [0.25, 0.3) is 0 Å². The smallest absolute Gasteiger partial charge is 0.174 e. The highest BCUT2D eigenvalue weighted by Gasteiger charge is 2.42. The molecule has 7 rings (SSSR count). The van der Waals surface area contributed by atoms with Crippen molar-refractivity contribution >= 4 is 33.8 Å². The molecule has 2 atom stereocenters. The second kappa shape index (κ2) is 11.0. The molecule has 0 unspecified atom stereocenters. The van der Waals surface area contributed by atoms with Gasteiger partial charge in [-0.05, 0) is 104 Å². The van der Waals surface area contributed by atoms with Crippen LogP contribution in [0.2, 0.25) is 0 Å². The van der Waals surface area contributed by atoms with Crippen LogP contribution in [0.15, 0.2) is 121 Å². The molecule has 3 heterocycles. The second-order valence-electron chi connectivity index (χ2n) is 11.0. The molecule has 1 aliphatic heterocycles. The number of aromatic nitrogens is 2. The lowest BCUT2D eigenvalue weighted by Gasteiger charge is -2.28. The summed E-state index contributed by atoms with van der Waals surface area (Å²) in [6.45, 7) is 6.43. The number of para-hydroxylation sites is 1. The van der Waals surface area contributed by atoms with E-state index in [0.29, 0.717) is 5.11 Å². The van der Waals surface area contributed by atoms with Gasteiger partial charge in [-0.2, -0.15) is 0 Å². The number of benzene rings is 4. The van der Waals surface area contributed by atoms with E-state index in [9.17, 15) is 0 Å². The molecule has 1 saturated heterocycles. The molecule has 6 heteroatoms. The van der Waals surface area contributed by atoms with E-state index >= 15 is 0 Å². The standard InChI is InChI=1S/C37H32N4OS/c1-24-11-4-7-17-34(24)42-29-20-18-28(19-21-29)41-36(35(39-37(41)43)32-15-8-9-22-38-32)31-23-25(2)40(26(31)3)33-16-10-13-27-12-5-6-14-30(27)33/h4-23,35-36H,1-3H3,(H,39,43)/t35-,36-/m0/s1. The van der Waals surface area contributed by atoms with E-state index in [1.807, 2.05) is 48.7 Å². The zero-order valence-electron chi connectivity index (χ0n) is 24.4. The maximum absolute atomic E-state index is 6.20. The number of fused-ring (bicyclic) bond motifs is 1. The normalized spacial score (nSPS) is 16.4. The van der Waals surface area contributed by atoms with Crippen LogP contribution in [0, 0.1) is 20.8 Å². The zero-order chi connectivity index (χ0) is 29.5. The molecule has 43 heavy (non-hydrogen) atoms. The number of aryl methyl sites for hydroxylation is 2. The summed E-state index contributed by atoms with van der Waals surface area (Å²) in [6.07, 6.45) is 1.84. The van der Waals surface area contributed by atoms with Gasteiger partial charge in [-0.1, -0.05) is 60.7 Å². The fraction of sp³-hybridized carbons (Fsp3) is 0.135. The van der Waals surface area contributed by atoms with Crippen LogP contribution in [0.5, 0.6) is 11.5 Å². The highest BCUT2D eigenvalue weighted by atomic mass is 32.1. The Bertz CT molecular complexity index is 1940. The number of thiocarbonyl (C=S) groups is 1.